The lowest BCUT2D eigenvalue weighted by molar-refractivity contribution is -0.188. The van der Waals surface area contributed by atoms with Crippen molar-refractivity contribution in [2.24, 2.45) is 11.8 Å². The molecule has 3 atom stereocenters. The van der Waals surface area contributed by atoms with Gasteiger partial charge in [0.05, 0.1) is 11.8 Å². The van der Waals surface area contributed by atoms with E-state index in [0.717, 1.165) is 27.2 Å². The Morgan fingerprint density at radius 2 is 1.62 bits per heavy atom. The van der Waals surface area contributed by atoms with E-state index in [-0.39, 0.29) is 12.5 Å². The molecule has 2 aromatic carbocycles. The number of rotatable bonds is 5. The lowest BCUT2D eigenvalue weighted by Gasteiger charge is -2.22. The summed E-state index contributed by atoms with van der Waals surface area (Å²) >= 11 is 0. The van der Waals surface area contributed by atoms with E-state index < -0.39 is 55.1 Å². The number of hydrogen-bond donors (Lipinski definition) is 2. The maximum absolute atomic E-state index is 13.2. The van der Waals surface area contributed by atoms with Gasteiger partial charge < -0.3 is 20.1 Å². The highest BCUT2D eigenvalue weighted by atomic mass is 19.4. The molecular weight excluding hydrogens is 453 g/mol. The van der Waals surface area contributed by atoms with E-state index in [4.69, 9.17) is 9.84 Å². The monoisotopic (exact) mass is 476 g/mol. The zero-order valence-electron chi connectivity index (χ0n) is 18.2. The number of aliphatic carboxylic acids is 1. The fraction of sp³-hybridized carbons (Fsp3) is 0.375. The van der Waals surface area contributed by atoms with Crippen LogP contribution in [0.15, 0.2) is 48.5 Å². The van der Waals surface area contributed by atoms with E-state index in [1.54, 1.807) is 0 Å². The second-order valence-corrected chi connectivity index (χ2v) is 8.53. The average Bonchev–Trinajstić information content (AvgIpc) is 3.38. The molecule has 0 radical (unpaired) electrons. The predicted octanol–water partition coefficient (Wildman–Crippen LogP) is 3.64. The highest BCUT2D eigenvalue weighted by Crippen LogP contribution is 2.44. The van der Waals surface area contributed by atoms with E-state index >= 15 is 0 Å². The summed E-state index contributed by atoms with van der Waals surface area (Å²) in [5, 5.41) is 11.5. The van der Waals surface area contributed by atoms with E-state index in [1.807, 2.05) is 48.5 Å². The SMILES string of the molecule is CC(NC(=O)OCC1c2ccccc2-c2ccccc21)C(=O)N1C[C@H](C(=O)O)[C@@H](C(F)(F)F)C1. The number of alkyl halides is 3. The Morgan fingerprint density at radius 3 is 2.12 bits per heavy atom. The number of nitrogens with one attached hydrogen (secondary N) is 1. The van der Waals surface area contributed by atoms with Crippen molar-refractivity contribution in [3.05, 3.63) is 59.7 Å². The van der Waals surface area contributed by atoms with Crippen LogP contribution in [0.25, 0.3) is 11.1 Å². The number of likely N-dealkylation sites (tertiary alicyclic amines) is 1. The topological polar surface area (TPSA) is 95.9 Å². The van der Waals surface area contributed by atoms with Crippen molar-refractivity contribution in [1.29, 1.82) is 0 Å². The van der Waals surface area contributed by atoms with Gasteiger partial charge in [-0.3, -0.25) is 9.59 Å². The summed E-state index contributed by atoms with van der Waals surface area (Å²) in [6.07, 6.45) is -5.63. The molecule has 180 valence electrons. The molecular formula is C24H23F3N2O5. The quantitative estimate of drug-likeness (QED) is 0.687. The van der Waals surface area contributed by atoms with Crippen molar-refractivity contribution >= 4 is 18.0 Å². The van der Waals surface area contributed by atoms with Gasteiger partial charge in [-0.1, -0.05) is 48.5 Å². The molecule has 0 bridgehead atoms. The third kappa shape index (κ3) is 4.44. The number of alkyl carbamates (subject to hydrolysis) is 1. The number of carboxylic acids is 1. The zero-order valence-corrected chi connectivity index (χ0v) is 18.2. The Morgan fingerprint density at radius 1 is 1.06 bits per heavy atom. The van der Waals surface area contributed by atoms with Gasteiger partial charge >= 0.3 is 18.2 Å². The molecule has 34 heavy (non-hydrogen) atoms. The molecule has 2 aromatic rings. The van der Waals surface area contributed by atoms with Gasteiger partial charge in [-0.25, -0.2) is 4.79 Å². The summed E-state index contributed by atoms with van der Waals surface area (Å²) in [7, 11) is 0. The second kappa shape index (κ2) is 9.00. The van der Waals surface area contributed by atoms with Crippen LogP contribution in [0.5, 0.6) is 0 Å². The third-order valence-corrected chi connectivity index (χ3v) is 6.42. The first-order valence-corrected chi connectivity index (χ1v) is 10.8. The first kappa shape index (κ1) is 23.6. The number of ether oxygens (including phenoxy) is 1. The molecule has 2 aliphatic rings. The van der Waals surface area contributed by atoms with Crippen LogP contribution < -0.4 is 5.32 Å². The summed E-state index contributed by atoms with van der Waals surface area (Å²) in [6, 6.07) is 14.4. The van der Waals surface area contributed by atoms with Crippen LogP contribution in [-0.4, -0.2) is 59.9 Å². The van der Waals surface area contributed by atoms with Crippen LogP contribution in [0.3, 0.4) is 0 Å². The minimum absolute atomic E-state index is 0.0156. The van der Waals surface area contributed by atoms with Gasteiger partial charge in [0.2, 0.25) is 5.91 Å². The fourth-order valence-electron chi connectivity index (χ4n) is 4.72. The Kier molecular flexibility index (Phi) is 6.24. The lowest BCUT2D eigenvalue weighted by atomic mass is 9.96. The summed E-state index contributed by atoms with van der Waals surface area (Å²) in [5.41, 5.74) is 4.12. The van der Waals surface area contributed by atoms with Crippen LogP contribution in [0.4, 0.5) is 18.0 Å². The van der Waals surface area contributed by atoms with Crippen molar-refractivity contribution in [3.63, 3.8) is 0 Å². The summed E-state index contributed by atoms with van der Waals surface area (Å²) in [4.78, 5) is 37.0. The third-order valence-electron chi connectivity index (χ3n) is 6.42. The largest absolute Gasteiger partial charge is 0.481 e. The van der Waals surface area contributed by atoms with E-state index in [2.05, 4.69) is 5.32 Å². The molecule has 0 saturated carbocycles. The number of carbonyl (C=O) groups excluding carboxylic acids is 2. The first-order chi connectivity index (χ1) is 16.1. The van der Waals surface area contributed by atoms with Gasteiger partial charge in [-0.2, -0.15) is 13.2 Å². The van der Waals surface area contributed by atoms with Crippen molar-refractivity contribution < 1.29 is 37.4 Å². The number of benzene rings is 2. The molecule has 2 N–H and O–H groups in total. The fourth-order valence-corrected chi connectivity index (χ4v) is 4.72. The highest BCUT2D eigenvalue weighted by molar-refractivity contribution is 5.86. The van der Waals surface area contributed by atoms with Crippen molar-refractivity contribution in [3.8, 4) is 11.1 Å². The number of carboxylic acid groups (broad SMARTS) is 1. The molecule has 1 aliphatic heterocycles. The summed E-state index contributed by atoms with van der Waals surface area (Å²) in [6.45, 7) is -0.00671. The van der Waals surface area contributed by atoms with Gasteiger partial charge in [-0.05, 0) is 29.2 Å². The van der Waals surface area contributed by atoms with E-state index in [1.165, 1.54) is 6.92 Å². The molecule has 1 saturated heterocycles. The maximum Gasteiger partial charge on any atom is 0.407 e. The van der Waals surface area contributed by atoms with Gasteiger partial charge in [-0.15, -0.1) is 0 Å². The van der Waals surface area contributed by atoms with E-state index in [9.17, 15) is 27.6 Å². The molecule has 10 heteroatoms. The maximum atomic E-state index is 13.2. The molecule has 7 nitrogen and oxygen atoms in total. The number of nitrogens with zero attached hydrogens (tertiary/aromatic N) is 1. The number of carbonyl (C=O) groups is 3. The molecule has 1 unspecified atom stereocenters. The van der Waals surface area contributed by atoms with Crippen LogP contribution in [-0.2, 0) is 14.3 Å². The Labute approximate surface area is 193 Å². The standard InChI is InChI=1S/C24H23F3N2O5/c1-13(21(30)29-10-18(22(31)32)20(11-29)24(25,26)27)28-23(33)34-12-19-16-8-4-2-6-14(16)15-7-3-5-9-17(15)19/h2-9,13,18-20H,10-12H2,1H3,(H,28,33)(H,31,32)/t13?,18-,20-/m0/s1. The van der Waals surface area contributed by atoms with Gasteiger partial charge in [0.1, 0.15) is 12.6 Å². The van der Waals surface area contributed by atoms with Crippen LogP contribution in [0.2, 0.25) is 0 Å². The molecule has 4 rings (SSSR count). The molecule has 0 aromatic heterocycles. The van der Waals surface area contributed by atoms with Crippen molar-refractivity contribution in [2.75, 3.05) is 19.7 Å². The molecule has 1 aliphatic carbocycles. The molecule has 1 heterocycles. The first-order valence-electron chi connectivity index (χ1n) is 10.8. The summed E-state index contributed by atoms with van der Waals surface area (Å²) in [5.74, 6) is -6.51. The van der Waals surface area contributed by atoms with Gasteiger partial charge in [0.25, 0.3) is 0 Å². The minimum atomic E-state index is -4.75. The Bertz CT molecular complexity index is 1070. The van der Waals surface area contributed by atoms with Gasteiger partial charge in [0.15, 0.2) is 0 Å². The normalized spacial score (nSPS) is 20.4. The highest BCUT2D eigenvalue weighted by Gasteiger charge is 2.53. The average molecular weight is 476 g/mol. The Balaban J connectivity index is 1.37. The molecule has 1 fully saturated rings. The van der Waals surface area contributed by atoms with Crippen molar-refractivity contribution in [1.82, 2.24) is 10.2 Å². The predicted molar refractivity (Wildman–Crippen MR) is 115 cm³/mol. The Hall–Kier alpha value is -3.56. The number of halogens is 3. The smallest absolute Gasteiger partial charge is 0.407 e. The molecule has 0 spiro atoms. The zero-order chi connectivity index (χ0) is 24.6. The van der Waals surface area contributed by atoms with Crippen LogP contribution in [0.1, 0.15) is 24.0 Å². The van der Waals surface area contributed by atoms with Crippen LogP contribution in [0, 0.1) is 11.8 Å². The second-order valence-electron chi connectivity index (χ2n) is 8.53. The molecule has 2 amide bonds. The van der Waals surface area contributed by atoms with Crippen molar-refractivity contribution in [2.45, 2.75) is 25.1 Å². The minimum Gasteiger partial charge on any atom is -0.481 e. The lowest BCUT2D eigenvalue weighted by Crippen LogP contribution is -2.47. The van der Waals surface area contributed by atoms with E-state index in [0.29, 0.717) is 0 Å². The number of amides is 2. The number of fused-ring (bicyclic) bond motifs is 3. The summed E-state index contributed by atoms with van der Waals surface area (Å²) < 4.78 is 44.9. The van der Waals surface area contributed by atoms with Crippen LogP contribution >= 0.6 is 0 Å². The number of hydrogen-bond acceptors (Lipinski definition) is 4. The van der Waals surface area contributed by atoms with Gasteiger partial charge in [0, 0.05) is 19.0 Å².